The van der Waals surface area contributed by atoms with Gasteiger partial charge in [0, 0.05) is 30.1 Å². The van der Waals surface area contributed by atoms with Crippen LogP contribution in [0.4, 0.5) is 4.39 Å². The molecule has 0 aliphatic rings. The van der Waals surface area contributed by atoms with Crippen molar-refractivity contribution in [3.8, 4) is 11.1 Å². The Balaban J connectivity index is 2.65. The van der Waals surface area contributed by atoms with Gasteiger partial charge in [0.25, 0.3) is 0 Å². The molecule has 2 rings (SSSR count). The van der Waals surface area contributed by atoms with Crippen LogP contribution in [0.5, 0.6) is 0 Å². The number of aryl methyl sites for hydroxylation is 1. The Hall–Kier alpha value is -1.71. The fourth-order valence-electron chi connectivity index (χ4n) is 1.94. The Labute approximate surface area is 100 Å². The second-order valence-corrected chi connectivity index (χ2v) is 4.52. The van der Waals surface area contributed by atoms with Crippen LogP contribution in [0.3, 0.4) is 0 Å². The third kappa shape index (κ3) is 2.07. The lowest BCUT2D eigenvalue weighted by Crippen LogP contribution is -1.94. The van der Waals surface area contributed by atoms with Crippen molar-refractivity contribution >= 4 is 0 Å². The largest absolute Gasteiger partial charge is 0.272 e. The molecule has 0 saturated carbocycles. The first-order valence-electron chi connectivity index (χ1n) is 5.65. The van der Waals surface area contributed by atoms with Crippen molar-refractivity contribution in [1.29, 1.82) is 0 Å². The zero-order chi connectivity index (χ0) is 12.6. The minimum Gasteiger partial charge on any atom is -0.272 e. The summed E-state index contributed by atoms with van der Waals surface area (Å²) in [6, 6.07) is 1.50. The third-order valence-electron chi connectivity index (χ3n) is 2.90. The summed E-state index contributed by atoms with van der Waals surface area (Å²) >= 11 is 0. The van der Waals surface area contributed by atoms with Crippen LogP contribution in [0, 0.1) is 12.7 Å². The number of pyridine rings is 1. The molecule has 0 unspecified atom stereocenters. The van der Waals surface area contributed by atoms with Crippen LogP contribution in [0.25, 0.3) is 11.1 Å². The Morgan fingerprint density at radius 2 is 2.00 bits per heavy atom. The first kappa shape index (κ1) is 11.8. The molecule has 0 aromatic carbocycles. The zero-order valence-corrected chi connectivity index (χ0v) is 10.5. The highest BCUT2D eigenvalue weighted by atomic mass is 19.1. The highest BCUT2D eigenvalue weighted by Crippen LogP contribution is 2.31. The van der Waals surface area contributed by atoms with Gasteiger partial charge in [0.15, 0.2) is 0 Å². The van der Waals surface area contributed by atoms with E-state index in [1.807, 2.05) is 18.7 Å². The van der Waals surface area contributed by atoms with Gasteiger partial charge in [-0.1, -0.05) is 13.8 Å². The molecule has 0 N–H and O–H groups in total. The molecule has 2 aromatic rings. The maximum atomic E-state index is 13.2. The van der Waals surface area contributed by atoms with Crippen molar-refractivity contribution in [2.24, 2.45) is 7.05 Å². The van der Waals surface area contributed by atoms with Gasteiger partial charge in [0.05, 0.1) is 11.9 Å². The van der Waals surface area contributed by atoms with Crippen LogP contribution in [-0.2, 0) is 7.05 Å². The smallest absolute Gasteiger partial charge is 0.142 e. The maximum Gasteiger partial charge on any atom is 0.142 e. The van der Waals surface area contributed by atoms with Gasteiger partial charge >= 0.3 is 0 Å². The van der Waals surface area contributed by atoms with E-state index in [-0.39, 0.29) is 5.82 Å². The van der Waals surface area contributed by atoms with E-state index in [0.29, 0.717) is 5.92 Å². The first-order chi connectivity index (χ1) is 8.00. The van der Waals surface area contributed by atoms with Crippen LogP contribution in [0.1, 0.15) is 31.2 Å². The van der Waals surface area contributed by atoms with E-state index in [2.05, 4.69) is 23.9 Å². The summed E-state index contributed by atoms with van der Waals surface area (Å²) < 4.78 is 15.1. The molecule has 0 saturated heterocycles. The van der Waals surface area contributed by atoms with E-state index in [1.54, 1.807) is 6.20 Å². The van der Waals surface area contributed by atoms with Crippen LogP contribution < -0.4 is 0 Å². The van der Waals surface area contributed by atoms with Gasteiger partial charge < -0.3 is 0 Å². The van der Waals surface area contributed by atoms with Gasteiger partial charge in [-0.3, -0.25) is 9.67 Å². The standard InChI is InChI=1S/C13H16FN3/c1-8(2)13-12(9(3)17(4)16-13)10-5-11(14)7-15-6-10/h5-8H,1-4H3. The molecule has 3 nitrogen and oxygen atoms in total. The number of hydrogen-bond acceptors (Lipinski definition) is 2. The van der Waals surface area contributed by atoms with E-state index >= 15 is 0 Å². The molecule has 2 aromatic heterocycles. The molecule has 0 aliphatic carbocycles. The van der Waals surface area contributed by atoms with E-state index < -0.39 is 0 Å². The number of aromatic nitrogens is 3. The van der Waals surface area contributed by atoms with Crippen LogP contribution >= 0.6 is 0 Å². The molecule has 0 radical (unpaired) electrons. The van der Waals surface area contributed by atoms with Gasteiger partial charge in [-0.05, 0) is 18.9 Å². The second kappa shape index (κ2) is 4.28. The summed E-state index contributed by atoms with van der Waals surface area (Å²) in [5.41, 5.74) is 3.80. The lowest BCUT2D eigenvalue weighted by molar-refractivity contribution is 0.622. The van der Waals surface area contributed by atoms with Gasteiger partial charge in [-0.25, -0.2) is 4.39 Å². The summed E-state index contributed by atoms with van der Waals surface area (Å²) in [6.07, 6.45) is 2.89. The Morgan fingerprint density at radius 3 is 2.59 bits per heavy atom. The number of rotatable bonds is 2. The zero-order valence-electron chi connectivity index (χ0n) is 10.5. The summed E-state index contributed by atoms with van der Waals surface area (Å²) in [7, 11) is 1.90. The number of hydrogen-bond donors (Lipinski definition) is 0. The predicted molar refractivity (Wildman–Crippen MR) is 65.2 cm³/mol. The number of nitrogens with zero attached hydrogens (tertiary/aromatic N) is 3. The van der Waals surface area contributed by atoms with Crippen molar-refractivity contribution in [2.75, 3.05) is 0 Å². The van der Waals surface area contributed by atoms with Crippen molar-refractivity contribution < 1.29 is 4.39 Å². The molecular formula is C13H16FN3. The molecule has 90 valence electrons. The quantitative estimate of drug-likeness (QED) is 0.798. The average molecular weight is 233 g/mol. The van der Waals surface area contributed by atoms with Crippen molar-refractivity contribution in [3.05, 3.63) is 35.7 Å². The van der Waals surface area contributed by atoms with Crippen molar-refractivity contribution in [3.63, 3.8) is 0 Å². The van der Waals surface area contributed by atoms with Gasteiger partial charge in [-0.2, -0.15) is 5.10 Å². The fourth-order valence-corrected chi connectivity index (χ4v) is 1.94. The molecule has 0 bridgehead atoms. The third-order valence-corrected chi connectivity index (χ3v) is 2.90. The highest BCUT2D eigenvalue weighted by Gasteiger charge is 2.17. The minimum absolute atomic E-state index is 0.299. The van der Waals surface area contributed by atoms with Gasteiger partial charge in [0.1, 0.15) is 5.82 Å². The second-order valence-electron chi connectivity index (χ2n) is 4.52. The monoisotopic (exact) mass is 233 g/mol. The molecule has 0 atom stereocenters. The summed E-state index contributed by atoms with van der Waals surface area (Å²) in [5.74, 6) is -0.0198. The molecule has 17 heavy (non-hydrogen) atoms. The van der Waals surface area contributed by atoms with E-state index in [1.165, 1.54) is 12.3 Å². The SMILES string of the molecule is Cc1c(-c2cncc(F)c2)c(C(C)C)nn1C. The number of halogens is 1. The Kier molecular flexibility index (Phi) is 2.96. The van der Waals surface area contributed by atoms with Gasteiger partial charge in [-0.15, -0.1) is 0 Å². The summed E-state index contributed by atoms with van der Waals surface area (Å²) in [4.78, 5) is 3.90. The topological polar surface area (TPSA) is 30.7 Å². The van der Waals surface area contributed by atoms with Crippen LogP contribution in [0.2, 0.25) is 0 Å². The fraction of sp³-hybridized carbons (Fsp3) is 0.385. The molecule has 0 aliphatic heterocycles. The molecular weight excluding hydrogens is 217 g/mol. The van der Waals surface area contributed by atoms with E-state index in [4.69, 9.17) is 0 Å². The van der Waals surface area contributed by atoms with E-state index in [0.717, 1.165) is 22.5 Å². The normalized spacial score (nSPS) is 11.2. The van der Waals surface area contributed by atoms with Crippen molar-refractivity contribution in [1.82, 2.24) is 14.8 Å². The van der Waals surface area contributed by atoms with Crippen LogP contribution in [-0.4, -0.2) is 14.8 Å². The minimum atomic E-state index is -0.319. The van der Waals surface area contributed by atoms with Gasteiger partial charge in [0.2, 0.25) is 0 Å². The summed E-state index contributed by atoms with van der Waals surface area (Å²) in [6.45, 7) is 6.15. The molecule has 0 amide bonds. The molecule has 0 spiro atoms. The van der Waals surface area contributed by atoms with Crippen molar-refractivity contribution in [2.45, 2.75) is 26.7 Å². The molecule has 2 heterocycles. The maximum absolute atomic E-state index is 13.2. The summed E-state index contributed by atoms with van der Waals surface area (Å²) in [5, 5.41) is 4.48. The van der Waals surface area contributed by atoms with E-state index in [9.17, 15) is 4.39 Å². The lowest BCUT2D eigenvalue weighted by atomic mass is 9.99. The average Bonchev–Trinajstić information content (AvgIpc) is 2.56. The molecule has 0 fully saturated rings. The Bertz CT molecular complexity index is 544. The predicted octanol–water partition coefficient (Wildman–Crippen LogP) is 3.05. The lowest BCUT2D eigenvalue weighted by Gasteiger charge is -2.06. The molecule has 4 heteroatoms. The van der Waals surface area contributed by atoms with Crippen LogP contribution in [0.15, 0.2) is 18.5 Å². The Morgan fingerprint density at radius 1 is 1.29 bits per heavy atom. The highest BCUT2D eigenvalue weighted by molar-refractivity contribution is 5.68. The first-order valence-corrected chi connectivity index (χ1v) is 5.65.